The largest absolute Gasteiger partial charge is 0.325 e. The maximum Gasteiger partial charge on any atom is 0.264 e. The van der Waals surface area contributed by atoms with Gasteiger partial charge in [-0.25, -0.2) is 8.42 Å². The number of piperidine rings is 1. The van der Waals surface area contributed by atoms with Gasteiger partial charge in [-0.15, -0.1) is 12.4 Å². The number of hydrogen-bond donors (Lipinski definition) is 2. The van der Waals surface area contributed by atoms with Crippen LogP contribution in [0.4, 0.5) is 11.4 Å². The molecule has 1 heterocycles. The number of rotatable bonds is 5. The molecule has 146 valence electrons. The monoisotopic (exact) mass is 409 g/mol. The summed E-state index contributed by atoms with van der Waals surface area (Å²) in [6.45, 7) is 0.828. The standard InChI is InChI=1S/C19H23N3O3S.ClH/c1-22(16-9-3-2-4-10-16)26(24,25)17-11-7-8-15(14-17)21-19(23)18-12-5-6-13-20-18;/h2-4,7-11,14,18,20H,5-6,12-13H2,1H3,(H,21,23);1H. The highest BCUT2D eigenvalue weighted by Gasteiger charge is 2.23. The van der Waals surface area contributed by atoms with Crippen molar-refractivity contribution in [1.29, 1.82) is 0 Å². The van der Waals surface area contributed by atoms with Crippen LogP contribution in [0.1, 0.15) is 19.3 Å². The van der Waals surface area contributed by atoms with Crippen molar-refractivity contribution in [3.8, 4) is 0 Å². The molecular weight excluding hydrogens is 386 g/mol. The number of halogens is 1. The number of carbonyl (C=O) groups is 1. The van der Waals surface area contributed by atoms with Crippen molar-refractivity contribution in [3.63, 3.8) is 0 Å². The highest BCUT2D eigenvalue weighted by atomic mass is 35.5. The molecule has 1 unspecified atom stereocenters. The molecule has 27 heavy (non-hydrogen) atoms. The summed E-state index contributed by atoms with van der Waals surface area (Å²) in [7, 11) is -2.19. The number of sulfonamides is 1. The van der Waals surface area contributed by atoms with Crippen molar-refractivity contribution in [3.05, 3.63) is 54.6 Å². The van der Waals surface area contributed by atoms with Crippen LogP contribution in [0, 0.1) is 0 Å². The predicted molar refractivity (Wildman–Crippen MR) is 110 cm³/mol. The van der Waals surface area contributed by atoms with E-state index in [2.05, 4.69) is 10.6 Å². The number of anilines is 2. The van der Waals surface area contributed by atoms with Gasteiger partial charge in [-0.2, -0.15) is 0 Å². The van der Waals surface area contributed by atoms with E-state index < -0.39 is 10.0 Å². The number of para-hydroxylation sites is 1. The van der Waals surface area contributed by atoms with Gasteiger partial charge >= 0.3 is 0 Å². The van der Waals surface area contributed by atoms with Crippen LogP contribution in [0.3, 0.4) is 0 Å². The maximum atomic E-state index is 12.9. The quantitative estimate of drug-likeness (QED) is 0.795. The zero-order chi connectivity index (χ0) is 18.6. The number of benzene rings is 2. The Hall–Kier alpha value is -2.09. The van der Waals surface area contributed by atoms with Gasteiger partial charge < -0.3 is 10.6 Å². The average molecular weight is 410 g/mol. The first kappa shape index (κ1) is 21.2. The third-order valence-corrected chi connectivity index (χ3v) is 6.29. The summed E-state index contributed by atoms with van der Waals surface area (Å²) in [5.74, 6) is -0.129. The van der Waals surface area contributed by atoms with Gasteiger partial charge in [0.1, 0.15) is 0 Å². The van der Waals surface area contributed by atoms with Crippen LogP contribution in [-0.4, -0.2) is 34.0 Å². The van der Waals surface area contributed by atoms with Crippen LogP contribution in [-0.2, 0) is 14.8 Å². The van der Waals surface area contributed by atoms with Gasteiger partial charge in [0.05, 0.1) is 16.6 Å². The molecule has 1 aliphatic heterocycles. The number of nitrogens with zero attached hydrogens (tertiary/aromatic N) is 1. The van der Waals surface area contributed by atoms with Gasteiger partial charge in [-0.05, 0) is 49.7 Å². The lowest BCUT2D eigenvalue weighted by atomic mass is 10.0. The summed E-state index contributed by atoms with van der Waals surface area (Å²) in [4.78, 5) is 12.5. The fourth-order valence-electron chi connectivity index (χ4n) is 2.97. The molecule has 3 rings (SSSR count). The second kappa shape index (κ2) is 9.21. The summed E-state index contributed by atoms with van der Waals surface area (Å²) >= 11 is 0. The highest BCUT2D eigenvalue weighted by molar-refractivity contribution is 7.92. The van der Waals surface area contributed by atoms with E-state index in [1.54, 1.807) is 36.4 Å². The number of carbonyl (C=O) groups excluding carboxylic acids is 1. The predicted octanol–water partition coefficient (Wildman–Crippen LogP) is 3.01. The Morgan fingerprint density at radius 1 is 1.11 bits per heavy atom. The van der Waals surface area contributed by atoms with Gasteiger partial charge in [0.2, 0.25) is 5.91 Å². The number of nitrogens with one attached hydrogen (secondary N) is 2. The molecule has 0 bridgehead atoms. The van der Waals surface area contributed by atoms with Gasteiger partial charge in [-0.3, -0.25) is 9.10 Å². The van der Waals surface area contributed by atoms with Crippen molar-refractivity contribution in [2.75, 3.05) is 23.2 Å². The third kappa shape index (κ3) is 5.00. The van der Waals surface area contributed by atoms with E-state index in [4.69, 9.17) is 0 Å². The van der Waals surface area contributed by atoms with E-state index in [0.717, 1.165) is 25.8 Å². The van der Waals surface area contributed by atoms with E-state index in [1.807, 2.05) is 6.07 Å². The molecule has 0 saturated carbocycles. The zero-order valence-electron chi connectivity index (χ0n) is 15.1. The third-order valence-electron chi connectivity index (χ3n) is 4.51. The minimum absolute atomic E-state index is 0. The smallest absolute Gasteiger partial charge is 0.264 e. The van der Waals surface area contributed by atoms with Crippen LogP contribution < -0.4 is 14.9 Å². The van der Waals surface area contributed by atoms with E-state index >= 15 is 0 Å². The molecule has 0 spiro atoms. The average Bonchev–Trinajstić information content (AvgIpc) is 2.69. The zero-order valence-corrected chi connectivity index (χ0v) is 16.7. The Morgan fingerprint density at radius 3 is 2.52 bits per heavy atom. The van der Waals surface area contributed by atoms with Crippen molar-refractivity contribution in [2.24, 2.45) is 0 Å². The van der Waals surface area contributed by atoms with Crippen LogP contribution in [0.2, 0.25) is 0 Å². The topological polar surface area (TPSA) is 78.5 Å². The summed E-state index contributed by atoms with van der Waals surface area (Å²) in [6, 6.07) is 15.0. The summed E-state index contributed by atoms with van der Waals surface area (Å²) in [5, 5.41) is 6.00. The lowest BCUT2D eigenvalue weighted by Gasteiger charge is -2.23. The van der Waals surface area contributed by atoms with E-state index in [0.29, 0.717) is 11.4 Å². The Bertz CT molecular complexity index is 869. The first-order chi connectivity index (χ1) is 12.5. The molecule has 1 amide bonds. The van der Waals surface area contributed by atoms with Crippen LogP contribution in [0.25, 0.3) is 0 Å². The molecule has 1 atom stereocenters. The lowest BCUT2D eigenvalue weighted by molar-refractivity contribution is -0.118. The second-order valence-electron chi connectivity index (χ2n) is 6.33. The van der Waals surface area contributed by atoms with Crippen LogP contribution in [0.15, 0.2) is 59.5 Å². The Labute approximate surface area is 166 Å². The fraction of sp³-hybridized carbons (Fsp3) is 0.316. The molecule has 2 aromatic carbocycles. The molecule has 8 heteroatoms. The molecular formula is C19H24ClN3O3S. The van der Waals surface area contributed by atoms with Gasteiger partial charge in [-0.1, -0.05) is 30.7 Å². The summed E-state index contributed by atoms with van der Waals surface area (Å²) in [6.07, 6.45) is 2.88. The number of amides is 1. The minimum atomic E-state index is -3.71. The van der Waals surface area contributed by atoms with Gasteiger partial charge in [0.25, 0.3) is 10.0 Å². The summed E-state index contributed by atoms with van der Waals surface area (Å²) < 4.78 is 27.0. The molecule has 6 nitrogen and oxygen atoms in total. The fourth-order valence-corrected chi connectivity index (χ4v) is 4.22. The molecule has 0 radical (unpaired) electrons. The van der Waals surface area contributed by atoms with Crippen molar-refractivity contribution < 1.29 is 13.2 Å². The number of hydrogen-bond acceptors (Lipinski definition) is 4. The van der Waals surface area contributed by atoms with Crippen LogP contribution in [0.5, 0.6) is 0 Å². The molecule has 0 aromatic heterocycles. The first-order valence-corrected chi connectivity index (χ1v) is 10.1. The Balaban J connectivity index is 0.00000261. The van der Waals surface area contributed by atoms with Crippen molar-refractivity contribution in [2.45, 2.75) is 30.2 Å². The van der Waals surface area contributed by atoms with E-state index in [-0.39, 0.29) is 29.3 Å². The maximum absolute atomic E-state index is 12.9. The first-order valence-electron chi connectivity index (χ1n) is 8.67. The Morgan fingerprint density at radius 2 is 1.85 bits per heavy atom. The van der Waals surface area contributed by atoms with Crippen molar-refractivity contribution >= 4 is 39.7 Å². The van der Waals surface area contributed by atoms with Crippen molar-refractivity contribution in [1.82, 2.24) is 5.32 Å². The molecule has 1 fully saturated rings. The van der Waals surface area contributed by atoms with Gasteiger partial charge in [0.15, 0.2) is 0 Å². The van der Waals surface area contributed by atoms with E-state index in [9.17, 15) is 13.2 Å². The second-order valence-corrected chi connectivity index (χ2v) is 8.30. The lowest BCUT2D eigenvalue weighted by Crippen LogP contribution is -2.43. The molecule has 1 aliphatic rings. The van der Waals surface area contributed by atoms with E-state index in [1.165, 1.54) is 23.5 Å². The Kier molecular flexibility index (Phi) is 7.24. The highest BCUT2D eigenvalue weighted by Crippen LogP contribution is 2.24. The minimum Gasteiger partial charge on any atom is -0.325 e. The molecule has 2 aromatic rings. The normalized spacial score (nSPS) is 16.9. The molecule has 2 N–H and O–H groups in total. The molecule has 1 saturated heterocycles. The van der Waals surface area contributed by atoms with Crippen LogP contribution >= 0.6 is 12.4 Å². The van der Waals surface area contributed by atoms with Gasteiger partial charge in [0, 0.05) is 12.7 Å². The summed E-state index contributed by atoms with van der Waals surface area (Å²) in [5.41, 5.74) is 1.05. The SMILES string of the molecule is CN(c1ccccc1)S(=O)(=O)c1cccc(NC(=O)C2CCCCN2)c1.Cl. The molecule has 0 aliphatic carbocycles.